The van der Waals surface area contributed by atoms with Crippen molar-refractivity contribution in [2.45, 2.75) is 19.5 Å². The van der Waals surface area contributed by atoms with Crippen LogP contribution < -0.4 is 0 Å². The highest BCUT2D eigenvalue weighted by Gasteiger charge is 2.25. The molecule has 1 aromatic heterocycles. The minimum absolute atomic E-state index is 0.216. The van der Waals surface area contributed by atoms with Crippen LogP contribution in [0.1, 0.15) is 29.0 Å². The molecule has 2 aromatic rings. The molecule has 3 rings (SSSR count). The predicted octanol–water partition coefficient (Wildman–Crippen LogP) is 2.28. The van der Waals surface area contributed by atoms with E-state index in [1.165, 1.54) is 29.9 Å². The molecule has 1 aliphatic heterocycles. The van der Waals surface area contributed by atoms with E-state index in [2.05, 4.69) is 5.10 Å². The summed E-state index contributed by atoms with van der Waals surface area (Å²) in [5.74, 6) is -1.59. The van der Waals surface area contributed by atoms with E-state index in [0.717, 1.165) is 0 Å². The molecular weight excluding hydrogens is 375 g/mol. The largest absolute Gasteiger partial charge is 0.480 e. The van der Waals surface area contributed by atoms with Crippen molar-refractivity contribution in [3.05, 3.63) is 52.6 Å². The molecule has 0 aliphatic carbocycles. The number of benzene rings is 1. The number of hydrogen-bond acceptors (Lipinski definition) is 4. The molecule has 0 saturated carbocycles. The Morgan fingerprint density at radius 1 is 1.26 bits per heavy atom. The molecule has 0 bridgehead atoms. The van der Waals surface area contributed by atoms with Gasteiger partial charge in [-0.25, -0.2) is 9.18 Å². The second-order valence-corrected chi connectivity index (χ2v) is 6.87. The number of carbonyl (C=O) groups excluding carboxylic acids is 1. The monoisotopic (exact) mass is 394 g/mol. The second-order valence-electron chi connectivity index (χ2n) is 6.46. The number of aliphatic carboxylic acids is 1. The van der Waals surface area contributed by atoms with Crippen LogP contribution in [0.5, 0.6) is 0 Å². The molecule has 0 radical (unpaired) electrons. The van der Waals surface area contributed by atoms with Crippen LogP contribution in [-0.4, -0.2) is 62.7 Å². The first kappa shape index (κ1) is 19.3. The molecule has 1 aliphatic rings. The molecule has 1 aromatic carbocycles. The summed E-state index contributed by atoms with van der Waals surface area (Å²) < 4.78 is 15.2. The Morgan fingerprint density at radius 3 is 2.59 bits per heavy atom. The van der Waals surface area contributed by atoms with Crippen LogP contribution in [-0.2, 0) is 11.3 Å². The summed E-state index contributed by atoms with van der Waals surface area (Å²) >= 11 is 6.07. The average Bonchev–Trinajstić information content (AvgIpc) is 3.14. The molecule has 9 heteroatoms. The van der Waals surface area contributed by atoms with Gasteiger partial charge in [0.15, 0.2) is 0 Å². The molecule has 144 valence electrons. The Kier molecular flexibility index (Phi) is 5.76. The van der Waals surface area contributed by atoms with E-state index in [0.29, 0.717) is 43.3 Å². The van der Waals surface area contributed by atoms with Crippen molar-refractivity contribution in [1.82, 2.24) is 19.6 Å². The number of rotatable bonds is 5. The Labute approximate surface area is 160 Å². The number of nitrogens with zero attached hydrogens (tertiary/aromatic N) is 4. The zero-order valence-corrected chi connectivity index (χ0v) is 15.6. The third kappa shape index (κ3) is 4.28. The quantitative estimate of drug-likeness (QED) is 0.841. The van der Waals surface area contributed by atoms with Crippen molar-refractivity contribution in [2.75, 3.05) is 26.2 Å². The van der Waals surface area contributed by atoms with E-state index in [1.807, 2.05) is 4.90 Å². The van der Waals surface area contributed by atoms with Gasteiger partial charge in [0.05, 0.1) is 0 Å². The van der Waals surface area contributed by atoms with Crippen LogP contribution in [0.15, 0.2) is 30.5 Å². The lowest BCUT2D eigenvalue weighted by Crippen LogP contribution is -2.48. The molecular formula is C18H20ClFN4O3. The fraction of sp³-hybridized carbons (Fsp3) is 0.389. The number of carboxylic acid groups (broad SMARTS) is 1. The molecule has 1 N–H and O–H groups in total. The molecule has 0 spiro atoms. The first-order valence-electron chi connectivity index (χ1n) is 8.59. The second kappa shape index (κ2) is 8.06. The van der Waals surface area contributed by atoms with Crippen LogP contribution in [0.25, 0.3) is 0 Å². The number of piperazine rings is 1. The van der Waals surface area contributed by atoms with E-state index >= 15 is 0 Å². The van der Waals surface area contributed by atoms with Gasteiger partial charge in [0, 0.05) is 49.5 Å². The summed E-state index contributed by atoms with van der Waals surface area (Å²) in [6, 6.07) is 5.30. The average molecular weight is 395 g/mol. The number of aromatic nitrogens is 2. The van der Waals surface area contributed by atoms with E-state index in [-0.39, 0.29) is 17.4 Å². The lowest BCUT2D eigenvalue weighted by molar-refractivity contribution is -0.140. The van der Waals surface area contributed by atoms with Gasteiger partial charge in [0.25, 0.3) is 5.91 Å². The fourth-order valence-electron chi connectivity index (χ4n) is 2.96. The van der Waals surface area contributed by atoms with Gasteiger partial charge in [-0.1, -0.05) is 17.7 Å². The first-order valence-corrected chi connectivity index (χ1v) is 8.97. The number of amides is 1. The smallest absolute Gasteiger partial charge is 0.328 e. The summed E-state index contributed by atoms with van der Waals surface area (Å²) in [6.07, 6.45) is 1.49. The van der Waals surface area contributed by atoms with Gasteiger partial charge in [0.1, 0.15) is 17.6 Å². The van der Waals surface area contributed by atoms with Crippen LogP contribution in [0.3, 0.4) is 0 Å². The van der Waals surface area contributed by atoms with E-state index in [1.54, 1.807) is 17.0 Å². The molecule has 1 fully saturated rings. The van der Waals surface area contributed by atoms with Gasteiger partial charge >= 0.3 is 5.97 Å². The molecule has 1 saturated heterocycles. The highest BCUT2D eigenvalue weighted by molar-refractivity contribution is 6.31. The zero-order valence-electron chi connectivity index (χ0n) is 14.8. The summed E-state index contributed by atoms with van der Waals surface area (Å²) in [7, 11) is 0. The minimum atomic E-state index is -1.02. The third-order valence-electron chi connectivity index (χ3n) is 4.68. The Morgan fingerprint density at radius 2 is 1.96 bits per heavy atom. The Balaban J connectivity index is 1.59. The predicted molar refractivity (Wildman–Crippen MR) is 97.2 cm³/mol. The van der Waals surface area contributed by atoms with Crippen molar-refractivity contribution in [2.24, 2.45) is 0 Å². The van der Waals surface area contributed by atoms with Crippen LogP contribution in [0, 0.1) is 5.82 Å². The summed E-state index contributed by atoms with van der Waals surface area (Å²) in [4.78, 5) is 27.3. The van der Waals surface area contributed by atoms with Crippen molar-refractivity contribution >= 4 is 23.5 Å². The SMILES string of the molecule is CC(C(=O)O)n1ccc(C(=O)N2CCN(Cc3c(F)cccc3Cl)CC2)n1. The molecule has 1 atom stereocenters. The molecule has 27 heavy (non-hydrogen) atoms. The van der Waals surface area contributed by atoms with Crippen molar-refractivity contribution in [3.63, 3.8) is 0 Å². The normalized spacial score (nSPS) is 16.3. The molecule has 1 unspecified atom stereocenters. The molecule has 1 amide bonds. The van der Waals surface area contributed by atoms with Crippen molar-refractivity contribution < 1.29 is 19.1 Å². The molecule has 7 nitrogen and oxygen atoms in total. The fourth-order valence-corrected chi connectivity index (χ4v) is 3.18. The van der Waals surface area contributed by atoms with Crippen molar-refractivity contribution in [1.29, 1.82) is 0 Å². The van der Waals surface area contributed by atoms with Gasteiger partial charge < -0.3 is 10.0 Å². The van der Waals surface area contributed by atoms with Gasteiger partial charge in [-0.2, -0.15) is 5.10 Å². The van der Waals surface area contributed by atoms with E-state index in [9.17, 15) is 14.0 Å². The van der Waals surface area contributed by atoms with E-state index in [4.69, 9.17) is 16.7 Å². The van der Waals surface area contributed by atoms with Crippen LogP contribution >= 0.6 is 11.6 Å². The maximum atomic E-state index is 13.9. The lowest BCUT2D eigenvalue weighted by atomic mass is 10.1. The number of carbonyl (C=O) groups is 2. The summed E-state index contributed by atoms with van der Waals surface area (Å²) in [5.41, 5.74) is 0.675. The van der Waals surface area contributed by atoms with Gasteiger partial charge in [-0.15, -0.1) is 0 Å². The van der Waals surface area contributed by atoms with E-state index < -0.39 is 12.0 Å². The standard InChI is InChI=1S/C18H20ClFN4O3/c1-12(18(26)27)24-6-5-16(21-24)17(25)23-9-7-22(8-10-23)11-13-14(19)3-2-4-15(13)20/h2-6,12H,7-11H2,1H3,(H,26,27). The first-order chi connectivity index (χ1) is 12.9. The zero-order chi connectivity index (χ0) is 19.6. The van der Waals surface area contributed by atoms with Crippen molar-refractivity contribution in [3.8, 4) is 0 Å². The maximum Gasteiger partial charge on any atom is 0.328 e. The molecule has 2 heterocycles. The Hall–Kier alpha value is -2.45. The summed E-state index contributed by atoms with van der Waals surface area (Å²) in [6.45, 7) is 4.01. The lowest BCUT2D eigenvalue weighted by Gasteiger charge is -2.34. The van der Waals surface area contributed by atoms with Gasteiger partial charge in [-0.05, 0) is 25.1 Å². The highest BCUT2D eigenvalue weighted by Crippen LogP contribution is 2.21. The van der Waals surface area contributed by atoms with Gasteiger partial charge in [-0.3, -0.25) is 14.4 Å². The number of carboxylic acids is 1. The minimum Gasteiger partial charge on any atom is -0.480 e. The third-order valence-corrected chi connectivity index (χ3v) is 5.04. The van der Waals surface area contributed by atoms with Gasteiger partial charge in [0.2, 0.25) is 0 Å². The number of hydrogen-bond donors (Lipinski definition) is 1. The number of halogens is 2. The van der Waals surface area contributed by atoms with Crippen LogP contribution in [0.2, 0.25) is 5.02 Å². The van der Waals surface area contributed by atoms with Crippen LogP contribution in [0.4, 0.5) is 4.39 Å². The highest BCUT2D eigenvalue weighted by atomic mass is 35.5. The maximum absolute atomic E-state index is 13.9. The summed E-state index contributed by atoms with van der Waals surface area (Å²) in [5, 5.41) is 13.5. The Bertz CT molecular complexity index is 829. The topological polar surface area (TPSA) is 78.7 Å².